The molecule has 1 rings (SSSR count). The first-order valence-electron chi connectivity index (χ1n) is 6.17. The molecule has 1 aliphatic rings. The molecule has 1 saturated carbocycles. The van der Waals surface area contributed by atoms with E-state index in [1.54, 1.807) is 6.08 Å². The van der Waals surface area contributed by atoms with Crippen molar-refractivity contribution < 1.29 is 18.0 Å². The fourth-order valence-electron chi connectivity index (χ4n) is 2.51. The molecule has 1 aliphatic carbocycles. The Morgan fingerprint density at radius 2 is 1.94 bits per heavy atom. The number of Topliss-reactive ketones (excluding diaryl/α,β-unsaturated/α-hetero) is 1. The third-order valence-corrected chi connectivity index (χ3v) is 3.43. The number of allylic oxidation sites excluding steroid dienone is 1. The standard InChI is InChI=1S/C13H19F3O/c1-2-3-4-9-12(17)10-7-5-6-8-11(10)13(14,15)16/h2,10-11H,1,3-9H2. The van der Waals surface area contributed by atoms with Crippen molar-refractivity contribution in [2.75, 3.05) is 0 Å². The number of carbonyl (C=O) groups is 1. The zero-order chi connectivity index (χ0) is 12.9. The van der Waals surface area contributed by atoms with E-state index < -0.39 is 18.0 Å². The molecule has 0 aromatic heterocycles. The average molecular weight is 248 g/mol. The lowest BCUT2D eigenvalue weighted by atomic mass is 9.75. The number of hydrogen-bond acceptors (Lipinski definition) is 1. The van der Waals surface area contributed by atoms with Gasteiger partial charge in [0, 0.05) is 12.3 Å². The smallest absolute Gasteiger partial charge is 0.299 e. The summed E-state index contributed by atoms with van der Waals surface area (Å²) in [5, 5.41) is 0. The van der Waals surface area contributed by atoms with Crippen molar-refractivity contribution in [2.24, 2.45) is 11.8 Å². The summed E-state index contributed by atoms with van der Waals surface area (Å²) < 4.78 is 38.3. The lowest BCUT2D eigenvalue weighted by Gasteiger charge is -2.32. The van der Waals surface area contributed by atoms with Crippen LogP contribution in [0, 0.1) is 11.8 Å². The Labute approximate surface area is 100 Å². The predicted molar refractivity (Wildman–Crippen MR) is 60.6 cm³/mol. The number of rotatable bonds is 5. The fourth-order valence-corrected chi connectivity index (χ4v) is 2.51. The summed E-state index contributed by atoms with van der Waals surface area (Å²) in [5.74, 6) is -2.42. The zero-order valence-electron chi connectivity index (χ0n) is 9.93. The van der Waals surface area contributed by atoms with Crippen molar-refractivity contribution in [1.82, 2.24) is 0 Å². The molecule has 1 fully saturated rings. The second-order valence-electron chi connectivity index (χ2n) is 4.69. The van der Waals surface area contributed by atoms with Crippen molar-refractivity contribution in [2.45, 2.75) is 51.1 Å². The van der Waals surface area contributed by atoms with Gasteiger partial charge in [-0.25, -0.2) is 0 Å². The number of halogens is 3. The van der Waals surface area contributed by atoms with Gasteiger partial charge >= 0.3 is 6.18 Å². The van der Waals surface area contributed by atoms with Crippen LogP contribution in [0.4, 0.5) is 13.2 Å². The summed E-state index contributed by atoms with van der Waals surface area (Å²) in [7, 11) is 0. The SMILES string of the molecule is C=CCCCC(=O)C1CCCCC1C(F)(F)F. The van der Waals surface area contributed by atoms with Crippen LogP contribution in [0.15, 0.2) is 12.7 Å². The maximum atomic E-state index is 12.8. The van der Waals surface area contributed by atoms with Crippen LogP contribution in [0.25, 0.3) is 0 Å². The number of hydrogen-bond donors (Lipinski definition) is 0. The number of carbonyl (C=O) groups excluding carboxylic acids is 1. The molecule has 0 heterocycles. The second kappa shape index (κ2) is 6.22. The van der Waals surface area contributed by atoms with Crippen LogP contribution in [-0.4, -0.2) is 12.0 Å². The van der Waals surface area contributed by atoms with E-state index in [2.05, 4.69) is 6.58 Å². The normalized spacial score (nSPS) is 25.6. The Bertz CT molecular complexity index is 270. The predicted octanol–water partition coefficient (Wildman–Crippen LogP) is 4.28. The van der Waals surface area contributed by atoms with E-state index in [0.29, 0.717) is 25.7 Å². The minimum Gasteiger partial charge on any atom is -0.299 e. The monoisotopic (exact) mass is 248 g/mol. The first-order valence-corrected chi connectivity index (χ1v) is 6.17. The first kappa shape index (κ1) is 14.3. The molecule has 2 unspecified atom stereocenters. The Morgan fingerprint density at radius 1 is 1.29 bits per heavy atom. The van der Waals surface area contributed by atoms with Crippen molar-refractivity contribution in [1.29, 1.82) is 0 Å². The van der Waals surface area contributed by atoms with Gasteiger partial charge in [0.15, 0.2) is 0 Å². The van der Waals surface area contributed by atoms with Gasteiger partial charge < -0.3 is 0 Å². The van der Waals surface area contributed by atoms with Gasteiger partial charge in [0.25, 0.3) is 0 Å². The Morgan fingerprint density at radius 3 is 2.53 bits per heavy atom. The van der Waals surface area contributed by atoms with Crippen molar-refractivity contribution in [3.8, 4) is 0 Å². The van der Waals surface area contributed by atoms with Crippen molar-refractivity contribution >= 4 is 5.78 Å². The molecule has 98 valence electrons. The molecular weight excluding hydrogens is 229 g/mol. The van der Waals surface area contributed by atoms with E-state index in [4.69, 9.17) is 0 Å². The lowest BCUT2D eigenvalue weighted by molar-refractivity contribution is -0.197. The van der Waals surface area contributed by atoms with Crippen LogP contribution in [0.5, 0.6) is 0 Å². The van der Waals surface area contributed by atoms with E-state index in [9.17, 15) is 18.0 Å². The molecule has 1 nitrogen and oxygen atoms in total. The zero-order valence-corrected chi connectivity index (χ0v) is 9.93. The van der Waals surface area contributed by atoms with Crippen LogP contribution in [0.2, 0.25) is 0 Å². The van der Waals surface area contributed by atoms with E-state index in [0.717, 1.165) is 6.42 Å². The minimum atomic E-state index is -4.22. The maximum absolute atomic E-state index is 12.8. The lowest BCUT2D eigenvalue weighted by Crippen LogP contribution is -2.37. The maximum Gasteiger partial charge on any atom is 0.392 e. The van der Waals surface area contributed by atoms with Gasteiger partial charge in [0.2, 0.25) is 0 Å². The van der Waals surface area contributed by atoms with Gasteiger partial charge in [-0.05, 0) is 25.7 Å². The largest absolute Gasteiger partial charge is 0.392 e. The Hall–Kier alpha value is -0.800. The van der Waals surface area contributed by atoms with E-state index in [1.165, 1.54) is 0 Å². The summed E-state index contributed by atoms with van der Waals surface area (Å²) in [6.45, 7) is 3.53. The highest BCUT2D eigenvalue weighted by molar-refractivity contribution is 5.81. The van der Waals surface area contributed by atoms with Gasteiger partial charge in [-0.15, -0.1) is 6.58 Å². The molecule has 0 N–H and O–H groups in total. The molecular formula is C13H19F3O. The third kappa shape index (κ3) is 4.17. The second-order valence-corrected chi connectivity index (χ2v) is 4.69. The molecule has 0 aliphatic heterocycles. The van der Waals surface area contributed by atoms with Crippen molar-refractivity contribution in [3.05, 3.63) is 12.7 Å². The summed E-state index contributed by atoms with van der Waals surface area (Å²) >= 11 is 0. The average Bonchev–Trinajstić information content (AvgIpc) is 2.28. The molecule has 0 amide bonds. The molecule has 0 saturated heterocycles. The van der Waals surface area contributed by atoms with Crippen LogP contribution < -0.4 is 0 Å². The van der Waals surface area contributed by atoms with E-state index in [-0.39, 0.29) is 18.6 Å². The molecule has 4 heteroatoms. The van der Waals surface area contributed by atoms with E-state index >= 15 is 0 Å². The van der Waals surface area contributed by atoms with Gasteiger partial charge in [-0.3, -0.25) is 4.79 Å². The molecule has 17 heavy (non-hydrogen) atoms. The summed E-state index contributed by atoms with van der Waals surface area (Å²) in [4.78, 5) is 11.8. The van der Waals surface area contributed by atoms with Gasteiger partial charge in [-0.2, -0.15) is 13.2 Å². The first-order chi connectivity index (χ1) is 7.96. The summed E-state index contributed by atoms with van der Waals surface area (Å²) in [5.41, 5.74) is 0. The minimum absolute atomic E-state index is 0.112. The highest BCUT2D eigenvalue weighted by atomic mass is 19.4. The van der Waals surface area contributed by atoms with Crippen LogP contribution >= 0.6 is 0 Å². The van der Waals surface area contributed by atoms with Crippen LogP contribution in [0.3, 0.4) is 0 Å². The van der Waals surface area contributed by atoms with E-state index in [1.807, 2.05) is 0 Å². The highest BCUT2D eigenvalue weighted by Gasteiger charge is 2.47. The van der Waals surface area contributed by atoms with Gasteiger partial charge in [0.1, 0.15) is 5.78 Å². The number of ketones is 1. The Kier molecular flexibility index (Phi) is 5.22. The molecule has 0 bridgehead atoms. The number of alkyl halides is 3. The van der Waals surface area contributed by atoms with Crippen LogP contribution in [0.1, 0.15) is 44.9 Å². The number of unbranched alkanes of at least 4 members (excludes halogenated alkanes) is 1. The molecule has 2 atom stereocenters. The third-order valence-electron chi connectivity index (χ3n) is 3.43. The summed E-state index contributed by atoms with van der Waals surface area (Å²) in [6, 6.07) is 0. The molecule has 0 spiro atoms. The summed E-state index contributed by atoms with van der Waals surface area (Å²) in [6.07, 6.45) is 0.861. The van der Waals surface area contributed by atoms with Gasteiger partial charge in [0.05, 0.1) is 5.92 Å². The highest BCUT2D eigenvalue weighted by Crippen LogP contribution is 2.42. The van der Waals surface area contributed by atoms with Crippen molar-refractivity contribution in [3.63, 3.8) is 0 Å². The topological polar surface area (TPSA) is 17.1 Å². The Balaban J connectivity index is 2.58. The molecule has 0 aromatic rings. The molecule has 0 aromatic carbocycles. The van der Waals surface area contributed by atoms with Crippen LogP contribution in [-0.2, 0) is 4.79 Å². The molecule has 0 radical (unpaired) electrons. The van der Waals surface area contributed by atoms with Gasteiger partial charge in [-0.1, -0.05) is 18.9 Å². The quantitative estimate of drug-likeness (QED) is 0.524. The fraction of sp³-hybridized carbons (Fsp3) is 0.769.